The van der Waals surface area contributed by atoms with Crippen molar-refractivity contribution in [3.8, 4) is 0 Å². The molecule has 0 aromatic heterocycles. The molecular weight excluding hydrogens is 372 g/mol. The second kappa shape index (κ2) is 9.46. The Labute approximate surface area is 180 Å². The van der Waals surface area contributed by atoms with Crippen LogP contribution in [0.5, 0.6) is 0 Å². The summed E-state index contributed by atoms with van der Waals surface area (Å²) in [5.41, 5.74) is 2.85. The molecule has 0 amide bonds. The largest absolute Gasteiger partial charge is 0.416 e. The average Bonchev–Trinajstić information content (AvgIpc) is 3.42. The fourth-order valence-corrected chi connectivity index (χ4v) is 5.11. The SMILES string of the molecule is CC(=Cc1ccccc1)C1C[C@@H]1NC1CCN(CCO[Si](C)(C)C(C)(C)C)CC1. The van der Waals surface area contributed by atoms with Gasteiger partial charge in [-0.2, -0.15) is 0 Å². The van der Waals surface area contributed by atoms with Crippen molar-refractivity contribution in [1.29, 1.82) is 0 Å². The zero-order valence-corrected chi connectivity index (χ0v) is 20.5. The lowest BCUT2D eigenvalue weighted by atomic mass is 10.0. The van der Waals surface area contributed by atoms with Crippen molar-refractivity contribution in [2.45, 2.75) is 77.2 Å². The Kier molecular flexibility index (Phi) is 7.42. The van der Waals surface area contributed by atoms with Gasteiger partial charge in [0.15, 0.2) is 8.32 Å². The third-order valence-corrected chi connectivity index (χ3v) is 11.8. The van der Waals surface area contributed by atoms with E-state index in [0.717, 1.165) is 19.1 Å². The van der Waals surface area contributed by atoms with Gasteiger partial charge in [0, 0.05) is 25.2 Å². The Bertz CT molecular complexity index is 672. The molecular formula is C25H42N2OSi. The molecule has 1 aromatic carbocycles. The van der Waals surface area contributed by atoms with Crippen LogP contribution in [0.3, 0.4) is 0 Å². The van der Waals surface area contributed by atoms with E-state index in [2.05, 4.69) is 87.4 Å². The molecule has 1 unspecified atom stereocenters. The molecule has 4 heteroatoms. The quantitative estimate of drug-likeness (QED) is 0.564. The highest BCUT2D eigenvalue weighted by atomic mass is 28.4. The number of nitrogens with zero attached hydrogens (tertiary/aromatic N) is 1. The van der Waals surface area contributed by atoms with Crippen molar-refractivity contribution in [3.63, 3.8) is 0 Å². The number of likely N-dealkylation sites (tertiary alicyclic amines) is 1. The lowest BCUT2D eigenvalue weighted by Gasteiger charge is -2.38. The number of piperidine rings is 1. The van der Waals surface area contributed by atoms with Crippen LogP contribution in [0.4, 0.5) is 0 Å². The van der Waals surface area contributed by atoms with Crippen LogP contribution < -0.4 is 5.32 Å². The van der Waals surface area contributed by atoms with Crippen LogP contribution in [0, 0.1) is 5.92 Å². The summed E-state index contributed by atoms with van der Waals surface area (Å²) in [6, 6.07) is 12.1. The second-order valence-electron chi connectivity index (χ2n) is 10.6. The topological polar surface area (TPSA) is 24.5 Å². The van der Waals surface area contributed by atoms with Crippen LogP contribution in [0.15, 0.2) is 35.9 Å². The highest BCUT2D eigenvalue weighted by molar-refractivity contribution is 6.74. The first-order valence-corrected chi connectivity index (χ1v) is 14.4. The molecule has 0 spiro atoms. The van der Waals surface area contributed by atoms with Crippen LogP contribution in [0.25, 0.3) is 6.08 Å². The van der Waals surface area contributed by atoms with Crippen LogP contribution in [-0.4, -0.2) is 51.5 Å². The van der Waals surface area contributed by atoms with Gasteiger partial charge in [-0.3, -0.25) is 0 Å². The molecule has 2 fully saturated rings. The maximum absolute atomic E-state index is 6.36. The van der Waals surface area contributed by atoms with Gasteiger partial charge in [0.2, 0.25) is 0 Å². The van der Waals surface area contributed by atoms with Crippen molar-refractivity contribution in [2.75, 3.05) is 26.2 Å². The fraction of sp³-hybridized carbons (Fsp3) is 0.680. The van der Waals surface area contributed by atoms with E-state index in [-0.39, 0.29) is 0 Å². The van der Waals surface area contributed by atoms with Gasteiger partial charge in [-0.1, -0.05) is 62.8 Å². The van der Waals surface area contributed by atoms with Gasteiger partial charge >= 0.3 is 0 Å². The lowest BCUT2D eigenvalue weighted by Crippen LogP contribution is -2.46. The maximum atomic E-state index is 6.36. The summed E-state index contributed by atoms with van der Waals surface area (Å²) in [4.78, 5) is 2.59. The molecule has 3 rings (SSSR count). The molecule has 0 radical (unpaired) electrons. The Morgan fingerprint density at radius 3 is 2.45 bits per heavy atom. The lowest BCUT2D eigenvalue weighted by molar-refractivity contribution is 0.158. The average molecular weight is 415 g/mol. The third kappa shape index (κ3) is 6.52. The molecule has 3 nitrogen and oxygen atoms in total. The Hall–Kier alpha value is -0.943. The monoisotopic (exact) mass is 414 g/mol. The summed E-state index contributed by atoms with van der Waals surface area (Å²) in [6.45, 7) is 18.3. The summed E-state index contributed by atoms with van der Waals surface area (Å²) in [5, 5.41) is 4.24. The Morgan fingerprint density at radius 2 is 1.83 bits per heavy atom. The van der Waals surface area contributed by atoms with E-state index in [9.17, 15) is 0 Å². The first-order chi connectivity index (χ1) is 13.7. The first-order valence-electron chi connectivity index (χ1n) is 11.5. The minimum absolute atomic E-state index is 0.303. The summed E-state index contributed by atoms with van der Waals surface area (Å²) < 4.78 is 6.36. The number of benzene rings is 1. The van der Waals surface area contributed by atoms with Crippen molar-refractivity contribution in [3.05, 3.63) is 41.5 Å². The second-order valence-corrected chi connectivity index (χ2v) is 15.4. The normalized spacial score (nSPS) is 24.7. The fourth-order valence-electron chi connectivity index (χ4n) is 4.07. The summed E-state index contributed by atoms with van der Waals surface area (Å²) >= 11 is 0. The third-order valence-electron chi connectivity index (χ3n) is 7.28. The van der Waals surface area contributed by atoms with Gasteiger partial charge in [0.25, 0.3) is 0 Å². The van der Waals surface area contributed by atoms with Crippen LogP contribution >= 0.6 is 0 Å². The molecule has 1 saturated carbocycles. The number of rotatable bonds is 8. The highest BCUT2D eigenvalue weighted by Gasteiger charge is 2.40. The van der Waals surface area contributed by atoms with E-state index in [4.69, 9.17) is 4.43 Å². The molecule has 1 heterocycles. The van der Waals surface area contributed by atoms with Gasteiger partial charge in [0.1, 0.15) is 0 Å². The van der Waals surface area contributed by atoms with E-state index in [1.807, 2.05) is 0 Å². The Balaban J connectivity index is 1.34. The summed E-state index contributed by atoms with van der Waals surface area (Å²) in [6.07, 6.45) is 6.20. The maximum Gasteiger partial charge on any atom is 0.192 e. The van der Waals surface area contributed by atoms with E-state index in [0.29, 0.717) is 17.1 Å². The predicted molar refractivity (Wildman–Crippen MR) is 128 cm³/mol. The zero-order valence-electron chi connectivity index (χ0n) is 19.5. The van der Waals surface area contributed by atoms with Gasteiger partial charge in [-0.25, -0.2) is 0 Å². The van der Waals surface area contributed by atoms with E-state index in [1.165, 1.54) is 43.5 Å². The minimum atomic E-state index is -1.61. The van der Waals surface area contributed by atoms with Gasteiger partial charge < -0.3 is 14.6 Å². The summed E-state index contributed by atoms with van der Waals surface area (Å²) in [7, 11) is -1.61. The molecule has 0 bridgehead atoms. The first kappa shape index (κ1) is 22.7. The van der Waals surface area contributed by atoms with Crippen LogP contribution in [0.2, 0.25) is 18.1 Å². The molecule has 1 aliphatic carbocycles. The van der Waals surface area contributed by atoms with Crippen molar-refractivity contribution < 1.29 is 4.43 Å². The molecule has 1 N–H and O–H groups in total. The molecule has 2 aliphatic rings. The van der Waals surface area contributed by atoms with Crippen molar-refractivity contribution in [1.82, 2.24) is 10.2 Å². The number of hydrogen-bond acceptors (Lipinski definition) is 3. The van der Waals surface area contributed by atoms with Gasteiger partial charge in [-0.05, 0) is 68.9 Å². The molecule has 162 valence electrons. The van der Waals surface area contributed by atoms with Crippen molar-refractivity contribution >= 4 is 14.4 Å². The summed E-state index contributed by atoms with van der Waals surface area (Å²) in [5.74, 6) is 0.728. The standard InChI is InChI=1S/C25H42N2OSi/c1-20(18-21-10-8-7-9-11-21)23-19-24(23)26-22-12-14-27(15-13-22)16-17-28-29(5,6)25(2,3)4/h7-11,18,22-24,26H,12-17,19H2,1-6H3/t23?,24-/m0/s1. The smallest absolute Gasteiger partial charge is 0.192 e. The molecule has 1 aromatic rings. The molecule has 29 heavy (non-hydrogen) atoms. The van der Waals surface area contributed by atoms with Gasteiger partial charge in [0.05, 0.1) is 0 Å². The van der Waals surface area contributed by atoms with E-state index >= 15 is 0 Å². The predicted octanol–water partition coefficient (Wildman–Crippen LogP) is 5.55. The highest BCUT2D eigenvalue weighted by Crippen LogP contribution is 2.39. The molecule has 1 aliphatic heterocycles. The minimum Gasteiger partial charge on any atom is -0.416 e. The Morgan fingerprint density at radius 1 is 1.17 bits per heavy atom. The van der Waals surface area contributed by atoms with Crippen LogP contribution in [0.1, 0.15) is 52.5 Å². The zero-order chi connectivity index (χ0) is 21.1. The molecule has 2 atom stereocenters. The molecule has 1 saturated heterocycles. The van der Waals surface area contributed by atoms with Crippen LogP contribution in [-0.2, 0) is 4.43 Å². The van der Waals surface area contributed by atoms with Crippen molar-refractivity contribution in [2.24, 2.45) is 5.92 Å². The van der Waals surface area contributed by atoms with E-state index < -0.39 is 8.32 Å². The van der Waals surface area contributed by atoms with Gasteiger partial charge in [-0.15, -0.1) is 0 Å². The number of nitrogens with one attached hydrogen (secondary N) is 1. The van der Waals surface area contributed by atoms with E-state index in [1.54, 1.807) is 0 Å². The number of hydrogen-bond donors (Lipinski definition) is 1.